The molecule has 0 aliphatic heterocycles. The number of carboxylic acid groups (broad SMARTS) is 1. The fourth-order valence-corrected chi connectivity index (χ4v) is 2.92. The van der Waals surface area contributed by atoms with Gasteiger partial charge in [-0.1, -0.05) is 5.21 Å². The van der Waals surface area contributed by atoms with E-state index in [2.05, 4.69) is 25.6 Å². The summed E-state index contributed by atoms with van der Waals surface area (Å²) in [4.78, 5) is 31.8. The Morgan fingerprint density at radius 3 is 2.71 bits per heavy atom. The van der Waals surface area contributed by atoms with Crippen LogP contribution in [0, 0.1) is 0 Å². The van der Waals surface area contributed by atoms with Crippen molar-refractivity contribution in [1.82, 2.24) is 30.3 Å². The van der Waals surface area contributed by atoms with E-state index in [1.54, 1.807) is 17.5 Å². The Balaban J connectivity index is 1.67. The highest BCUT2D eigenvalue weighted by Crippen LogP contribution is 2.20. The molecule has 0 saturated carbocycles. The molecule has 146 valence electrons. The molecular formula is C17H18N6O4S. The highest BCUT2D eigenvalue weighted by molar-refractivity contribution is 7.09. The number of carbonyl (C=O) groups is 2. The summed E-state index contributed by atoms with van der Waals surface area (Å²) in [6.07, 6.45) is 3.00. The minimum atomic E-state index is -1.23. The van der Waals surface area contributed by atoms with E-state index in [0.29, 0.717) is 22.0 Å². The third-order valence-corrected chi connectivity index (χ3v) is 4.94. The number of rotatable bonds is 7. The van der Waals surface area contributed by atoms with Gasteiger partial charge in [-0.05, 0) is 26.0 Å². The van der Waals surface area contributed by atoms with Gasteiger partial charge in [-0.2, -0.15) is 0 Å². The molecule has 28 heavy (non-hydrogen) atoms. The lowest BCUT2D eigenvalue weighted by Crippen LogP contribution is -2.36. The predicted molar refractivity (Wildman–Crippen MR) is 99.4 cm³/mol. The number of nitrogens with one attached hydrogen (secondary N) is 1. The maximum absolute atomic E-state index is 12.2. The van der Waals surface area contributed by atoms with Gasteiger partial charge in [-0.15, -0.1) is 16.4 Å². The summed E-state index contributed by atoms with van der Waals surface area (Å²) < 4.78 is 1.26. The summed E-state index contributed by atoms with van der Waals surface area (Å²) in [5.41, 5.74) is 0.617. The molecule has 0 aliphatic rings. The first-order chi connectivity index (χ1) is 13.3. The number of thiazole rings is 1. The number of aromatic nitrogens is 5. The lowest BCUT2D eigenvalue weighted by atomic mass is 10.1. The molecule has 0 aliphatic carbocycles. The van der Waals surface area contributed by atoms with E-state index in [4.69, 9.17) is 5.11 Å². The summed E-state index contributed by atoms with van der Waals surface area (Å²) in [5, 5.41) is 31.2. The number of nitrogens with zero attached hydrogens (tertiary/aromatic N) is 5. The molecule has 0 unspecified atom stereocenters. The second-order valence-electron chi connectivity index (χ2n) is 6.42. The van der Waals surface area contributed by atoms with E-state index in [-0.39, 0.29) is 24.8 Å². The van der Waals surface area contributed by atoms with Gasteiger partial charge in [0, 0.05) is 17.1 Å². The third-order valence-electron chi connectivity index (χ3n) is 4.04. The van der Waals surface area contributed by atoms with E-state index in [9.17, 15) is 14.7 Å². The summed E-state index contributed by atoms with van der Waals surface area (Å²) in [6, 6.07) is 3.21. The molecule has 0 radical (unpaired) electrons. The van der Waals surface area contributed by atoms with Crippen LogP contribution < -0.4 is 5.32 Å². The SMILES string of the molecule is CC(C)(C(=O)O)n1cc(-c2ccc(C(=O)NCc3nc(CO)cs3)nc2)nn1. The molecule has 0 saturated heterocycles. The average Bonchev–Trinajstić information content (AvgIpc) is 3.36. The Bertz CT molecular complexity index is 995. The molecule has 0 fully saturated rings. The van der Waals surface area contributed by atoms with E-state index in [0.717, 1.165) is 0 Å². The molecule has 0 bridgehead atoms. The lowest BCUT2D eigenvalue weighted by Gasteiger charge is -2.18. The van der Waals surface area contributed by atoms with Gasteiger partial charge in [0.1, 0.15) is 16.4 Å². The van der Waals surface area contributed by atoms with Gasteiger partial charge in [-0.3, -0.25) is 9.78 Å². The number of aliphatic hydroxyl groups is 1. The fraction of sp³-hybridized carbons (Fsp3) is 0.294. The highest BCUT2D eigenvalue weighted by atomic mass is 32.1. The van der Waals surface area contributed by atoms with Crippen LogP contribution in [-0.2, 0) is 23.5 Å². The van der Waals surface area contributed by atoms with Crippen molar-refractivity contribution in [1.29, 1.82) is 0 Å². The predicted octanol–water partition coefficient (Wildman–Crippen LogP) is 1.04. The molecule has 0 aromatic carbocycles. The minimum Gasteiger partial charge on any atom is -0.479 e. The first kappa shape index (κ1) is 19.6. The van der Waals surface area contributed by atoms with Gasteiger partial charge in [-0.25, -0.2) is 14.5 Å². The zero-order chi connectivity index (χ0) is 20.3. The molecule has 3 N–H and O–H groups in total. The first-order valence-electron chi connectivity index (χ1n) is 8.26. The van der Waals surface area contributed by atoms with Crippen molar-refractivity contribution in [2.24, 2.45) is 0 Å². The first-order valence-corrected chi connectivity index (χ1v) is 9.14. The van der Waals surface area contributed by atoms with Crippen LogP contribution in [0.3, 0.4) is 0 Å². The molecule has 0 atom stereocenters. The Morgan fingerprint density at radius 2 is 2.11 bits per heavy atom. The van der Waals surface area contributed by atoms with E-state index >= 15 is 0 Å². The Labute approximate surface area is 163 Å². The maximum Gasteiger partial charge on any atom is 0.331 e. The lowest BCUT2D eigenvalue weighted by molar-refractivity contribution is -0.146. The number of hydrogen-bond donors (Lipinski definition) is 3. The zero-order valence-electron chi connectivity index (χ0n) is 15.2. The molecule has 1 amide bonds. The van der Waals surface area contributed by atoms with Crippen molar-refractivity contribution in [2.75, 3.05) is 0 Å². The van der Waals surface area contributed by atoms with Crippen LogP contribution in [0.5, 0.6) is 0 Å². The number of carbonyl (C=O) groups excluding carboxylic acids is 1. The van der Waals surface area contributed by atoms with Gasteiger partial charge in [0.05, 0.1) is 25.0 Å². The summed E-state index contributed by atoms with van der Waals surface area (Å²) >= 11 is 1.35. The van der Waals surface area contributed by atoms with E-state index in [1.165, 1.54) is 42.3 Å². The van der Waals surface area contributed by atoms with Crippen LogP contribution in [0.1, 0.15) is 35.0 Å². The molecule has 3 heterocycles. The number of amides is 1. The summed E-state index contributed by atoms with van der Waals surface area (Å²) in [7, 11) is 0. The van der Waals surface area contributed by atoms with Crippen molar-refractivity contribution in [3.8, 4) is 11.3 Å². The largest absolute Gasteiger partial charge is 0.479 e. The summed E-state index contributed by atoms with van der Waals surface area (Å²) in [6.45, 7) is 3.14. The second kappa shape index (κ2) is 7.82. The number of hydrogen-bond acceptors (Lipinski definition) is 8. The van der Waals surface area contributed by atoms with E-state index in [1.807, 2.05) is 0 Å². The molecule has 3 rings (SSSR count). The Morgan fingerprint density at radius 1 is 1.32 bits per heavy atom. The van der Waals surface area contributed by atoms with Crippen LogP contribution in [0.4, 0.5) is 0 Å². The van der Waals surface area contributed by atoms with Crippen LogP contribution in [0.25, 0.3) is 11.3 Å². The van der Waals surface area contributed by atoms with Crippen molar-refractivity contribution in [3.05, 3.63) is 46.3 Å². The van der Waals surface area contributed by atoms with Gasteiger partial charge >= 0.3 is 5.97 Å². The summed E-state index contributed by atoms with van der Waals surface area (Å²) in [5.74, 6) is -1.39. The Kier molecular flexibility index (Phi) is 5.47. The monoisotopic (exact) mass is 402 g/mol. The van der Waals surface area contributed by atoms with Crippen molar-refractivity contribution >= 4 is 23.2 Å². The van der Waals surface area contributed by atoms with Gasteiger partial charge in [0.2, 0.25) is 0 Å². The molecule has 3 aromatic rings. The van der Waals surface area contributed by atoms with Crippen LogP contribution in [0.2, 0.25) is 0 Å². The Hall–Kier alpha value is -3.18. The van der Waals surface area contributed by atoms with E-state index < -0.39 is 11.5 Å². The molecular weight excluding hydrogens is 384 g/mol. The topological polar surface area (TPSA) is 143 Å². The molecule has 3 aromatic heterocycles. The molecule has 11 heteroatoms. The highest BCUT2D eigenvalue weighted by Gasteiger charge is 2.31. The third kappa shape index (κ3) is 4.05. The number of pyridine rings is 1. The smallest absolute Gasteiger partial charge is 0.331 e. The average molecular weight is 402 g/mol. The standard InChI is InChI=1S/C17H18N6O4S/c1-17(2,16(26)27)23-7-13(21-22-23)10-3-4-12(18-5-10)15(25)19-6-14-20-11(8-24)9-28-14/h3-5,7,9,24H,6,8H2,1-2H3,(H,19,25)(H,26,27). The minimum absolute atomic E-state index is 0.137. The van der Waals surface area contributed by atoms with Crippen LogP contribution >= 0.6 is 11.3 Å². The quantitative estimate of drug-likeness (QED) is 0.532. The second-order valence-corrected chi connectivity index (χ2v) is 7.36. The van der Waals surface area contributed by atoms with Gasteiger partial charge in [0.15, 0.2) is 5.54 Å². The normalized spacial score (nSPS) is 11.4. The number of aliphatic hydroxyl groups excluding tert-OH is 1. The van der Waals surface area contributed by atoms with Crippen LogP contribution in [-0.4, -0.2) is 47.1 Å². The van der Waals surface area contributed by atoms with Crippen LogP contribution in [0.15, 0.2) is 29.9 Å². The maximum atomic E-state index is 12.2. The van der Waals surface area contributed by atoms with Crippen molar-refractivity contribution < 1.29 is 19.8 Å². The molecule has 10 nitrogen and oxygen atoms in total. The number of carboxylic acids is 1. The zero-order valence-corrected chi connectivity index (χ0v) is 16.0. The van der Waals surface area contributed by atoms with Gasteiger partial charge in [0.25, 0.3) is 5.91 Å². The molecule has 0 spiro atoms. The number of aliphatic carboxylic acids is 1. The van der Waals surface area contributed by atoms with Crippen molar-refractivity contribution in [3.63, 3.8) is 0 Å². The van der Waals surface area contributed by atoms with Gasteiger partial charge < -0.3 is 15.5 Å². The fourth-order valence-electron chi connectivity index (χ4n) is 2.20. The van der Waals surface area contributed by atoms with Crippen molar-refractivity contribution in [2.45, 2.75) is 32.5 Å².